The standard InChI is InChI=1S/C4H4O2/c5-3-1-4(6)2-3/h1,5H,2H2/p-1. The van der Waals surface area contributed by atoms with Gasteiger partial charge in [-0.15, -0.1) is 5.76 Å². The number of carbonyl (C=O) groups is 1. The molecule has 6 heavy (non-hydrogen) atoms. The van der Waals surface area contributed by atoms with Gasteiger partial charge in [-0.05, 0) is 6.08 Å². The minimum Gasteiger partial charge on any atom is -0.875 e. The first-order chi connectivity index (χ1) is 2.79. The summed E-state index contributed by atoms with van der Waals surface area (Å²) in [5.41, 5.74) is 0. The third kappa shape index (κ3) is 0.302. The van der Waals surface area contributed by atoms with Crippen LogP contribution < -0.4 is 5.11 Å². The van der Waals surface area contributed by atoms with Gasteiger partial charge >= 0.3 is 0 Å². The summed E-state index contributed by atoms with van der Waals surface area (Å²) in [4.78, 5) is 9.83. The maximum atomic E-state index is 9.83. The van der Waals surface area contributed by atoms with Crippen molar-refractivity contribution in [2.24, 2.45) is 0 Å². The Morgan fingerprint density at radius 3 is 2.33 bits per heavy atom. The summed E-state index contributed by atoms with van der Waals surface area (Å²) in [6, 6.07) is 0. The molecule has 32 valence electrons. The topological polar surface area (TPSA) is 40.1 Å². The van der Waals surface area contributed by atoms with Crippen LogP contribution in [0.5, 0.6) is 0 Å². The first-order valence-corrected chi connectivity index (χ1v) is 1.69. The van der Waals surface area contributed by atoms with E-state index in [0.717, 1.165) is 6.08 Å². The van der Waals surface area contributed by atoms with Gasteiger partial charge in [-0.3, -0.25) is 4.79 Å². The normalized spacial score (nSPS) is 19.3. The van der Waals surface area contributed by atoms with E-state index in [9.17, 15) is 9.90 Å². The first-order valence-electron chi connectivity index (χ1n) is 1.69. The fraction of sp³-hybridized carbons (Fsp3) is 0.250. The molecule has 1 aliphatic carbocycles. The van der Waals surface area contributed by atoms with Crippen molar-refractivity contribution >= 4 is 5.78 Å². The van der Waals surface area contributed by atoms with Crippen LogP contribution in [0.2, 0.25) is 0 Å². The summed E-state index contributed by atoms with van der Waals surface area (Å²) in [6.45, 7) is 0. The van der Waals surface area contributed by atoms with Crippen LogP contribution >= 0.6 is 0 Å². The summed E-state index contributed by atoms with van der Waals surface area (Å²) in [5, 5.41) is 9.83. The average molecular weight is 83.1 g/mol. The van der Waals surface area contributed by atoms with Crippen LogP contribution in [-0.4, -0.2) is 5.78 Å². The van der Waals surface area contributed by atoms with E-state index >= 15 is 0 Å². The zero-order chi connectivity index (χ0) is 4.57. The van der Waals surface area contributed by atoms with Crippen LogP contribution in [0.15, 0.2) is 11.8 Å². The molecule has 0 radical (unpaired) electrons. The predicted octanol–water partition coefficient (Wildman–Crippen LogP) is -0.797. The van der Waals surface area contributed by atoms with E-state index in [1.54, 1.807) is 0 Å². The average Bonchev–Trinajstić information content (AvgIpc) is 1.33. The van der Waals surface area contributed by atoms with Gasteiger partial charge in [-0.1, -0.05) is 0 Å². The third-order valence-electron chi connectivity index (χ3n) is 0.670. The number of ketones is 1. The molecule has 0 spiro atoms. The van der Waals surface area contributed by atoms with Gasteiger partial charge in [-0.25, -0.2) is 0 Å². The maximum absolute atomic E-state index is 9.83. The molecule has 0 fully saturated rings. The van der Waals surface area contributed by atoms with Gasteiger partial charge in [-0.2, -0.15) is 0 Å². The molecule has 0 aliphatic heterocycles. The van der Waals surface area contributed by atoms with Crippen molar-refractivity contribution in [2.75, 3.05) is 0 Å². The van der Waals surface area contributed by atoms with E-state index in [4.69, 9.17) is 0 Å². The van der Waals surface area contributed by atoms with E-state index in [1.165, 1.54) is 0 Å². The molecule has 2 heteroatoms. The van der Waals surface area contributed by atoms with Crippen molar-refractivity contribution in [3.05, 3.63) is 11.8 Å². The Morgan fingerprint density at radius 1 is 1.83 bits per heavy atom. The van der Waals surface area contributed by atoms with Crippen molar-refractivity contribution in [1.29, 1.82) is 0 Å². The number of rotatable bonds is 0. The van der Waals surface area contributed by atoms with Crippen LogP contribution in [-0.2, 0) is 4.79 Å². The Labute approximate surface area is 35.1 Å². The lowest BCUT2D eigenvalue weighted by molar-refractivity contribution is -0.308. The largest absolute Gasteiger partial charge is 0.875 e. The molecule has 0 saturated carbocycles. The van der Waals surface area contributed by atoms with E-state index in [2.05, 4.69) is 0 Å². The molecule has 0 unspecified atom stereocenters. The molecule has 0 amide bonds. The SMILES string of the molecule is O=C1C=C([O-])C1. The summed E-state index contributed by atoms with van der Waals surface area (Å²) in [5.74, 6) is -0.0833. The van der Waals surface area contributed by atoms with Gasteiger partial charge in [0.05, 0.1) is 0 Å². The van der Waals surface area contributed by atoms with Crippen LogP contribution in [0.4, 0.5) is 0 Å². The van der Waals surface area contributed by atoms with Crippen LogP contribution in [0.1, 0.15) is 6.42 Å². The van der Waals surface area contributed by atoms with Crippen molar-refractivity contribution in [1.82, 2.24) is 0 Å². The molecular weight excluding hydrogens is 80.0 g/mol. The highest BCUT2D eigenvalue weighted by Gasteiger charge is 2.03. The fourth-order valence-electron chi connectivity index (χ4n) is 0.322. The smallest absolute Gasteiger partial charge is 0.157 e. The van der Waals surface area contributed by atoms with Crippen molar-refractivity contribution in [3.8, 4) is 0 Å². The van der Waals surface area contributed by atoms with E-state index in [1.807, 2.05) is 0 Å². The molecule has 0 N–H and O–H groups in total. The molecular formula is C4H3O2-. The lowest BCUT2D eigenvalue weighted by Crippen LogP contribution is -2.18. The Kier molecular flexibility index (Phi) is 0.473. The molecule has 0 atom stereocenters. The van der Waals surface area contributed by atoms with E-state index in [0.29, 0.717) is 0 Å². The zero-order valence-corrected chi connectivity index (χ0v) is 3.10. The lowest BCUT2D eigenvalue weighted by atomic mass is 10.1. The van der Waals surface area contributed by atoms with Crippen molar-refractivity contribution < 1.29 is 9.90 Å². The second-order valence-electron chi connectivity index (χ2n) is 1.25. The maximum Gasteiger partial charge on any atom is 0.157 e. The van der Waals surface area contributed by atoms with Gasteiger partial charge < -0.3 is 5.11 Å². The first kappa shape index (κ1) is 3.40. The minimum atomic E-state index is -0.0417. The Hall–Kier alpha value is -0.790. The Morgan fingerprint density at radius 2 is 2.33 bits per heavy atom. The molecule has 0 saturated heterocycles. The zero-order valence-electron chi connectivity index (χ0n) is 3.10. The lowest BCUT2D eigenvalue weighted by Gasteiger charge is -2.16. The third-order valence-corrected chi connectivity index (χ3v) is 0.670. The summed E-state index contributed by atoms with van der Waals surface area (Å²) in [7, 11) is 0. The molecule has 2 nitrogen and oxygen atoms in total. The van der Waals surface area contributed by atoms with Gasteiger partial charge in [0.25, 0.3) is 0 Å². The second-order valence-corrected chi connectivity index (χ2v) is 1.25. The quantitative estimate of drug-likeness (QED) is 0.385. The van der Waals surface area contributed by atoms with Crippen molar-refractivity contribution in [3.63, 3.8) is 0 Å². The fourth-order valence-corrected chi connectivity index (χ4v) is 0.322. The molecule has 0 aromatic rings. The number of hydrogen-bond donors (Lipinski definition) is 0. The van der Waals surface area contributed by atoms with E-state index < -0.39 is 0 Å². The van der Waals surface area contributed by atoms with Crippen LogP contribution in [0, 0.1) is 0 Å². The Balaban J connectivity index is 2.68. The van der Waals surface area contributed by atoms with Crippen LogP contribution in [0.3, 0.4) is 0 Å². The van der Waals surface area contributed by atoms with Crippen LogP contribution in [0.25, 0.3) is 0 Å². The van der Waals surface area contributed by atoms with Gasteiger partial charge in [0.1, 0.15) is 0 Å². The number of carbonyl (C=O) groups excluding carboxylic acids is 1. The molecule has 1 rings (SSSR count). The summed E-state index contributed by atoms with van der Waals surface area (Å²) < 4.78 is 0. The Bertz CT molecular complexity index is 113. The summed E-state index contributed by atoms with van der Waals surface area (Å²) >= 11 is 0. The monoisotopic (exact) mass is 83.0 g/mol. The van der Waals surface area contributed by atoms with Gasteiger partial charge in [0, 0.05) is 6.42 Å². The van der Waals surface area contributed by atoms with E-state index in [-0.39, 0.29) is 18.0 Å². The number of allylic oxidation sites excluding steroid dienone is 2. The molecule has 0 heterocycles. The highest BCUT2D eigenvalue weighted by atomic mass is 16.3. The minimum absolute atomic E-state index is 0.0417. The van der Waals surface area contributed by atoms with Gasteiger partial charge in [0.15, 0.2) is 5.78 Å². The second kappa shape index (κ2) is 0.834. The molecule has 0 bridgehead atoms. The predicted molar refractivity (Wildman–Crippen MR) is 17.7 cm³/mol. The molecule has 1 aliphatic rings. The van der Waals surface area contributed by atoms with Gasteiger partial charge in [0.2, 0.25) is 0 Å². The van der Waals surface area contributed by atoms with Crippen molar-refractivity contribution in [2.45, 2.75) is 6.42 Å². The summed E-state index contributed by atoms with van der Waals surface area (Å²) in [6.07, 6.45) is 1.25. The number of hydrogen-bond acceptors (Lipinski definition) is 2. The molecule has 0 aromatic heterocycles. The molecule has 0 aromatic carbocycles. The highest BCUT2D eigenvalue weighted by Crippen LogP contribution is 2.04. The highest BCUT2D eigenvalue weighted by molar-refractivity contribution is 5.97.